The number of hydrogen-bond acceptors (Lipinski definition) is 4. The zero-order chi connectivity index (χ0) is 23.2. The Kier molecular flexibility index (Phi) is 6.19. The molecule has 2 fully saturated rings. The van der Waals surface area contributed by atoms with Crippen LogP contribution < -0.4 is 9.22 Å². The normalized spacial score (nSPS) is 19.1. The fourth-order valence-corrected chi connectivity index (χ4v) is 6.45. The highest BCUT2D eigenvalue weighted by atomic mass is 32.2. The number of fused-ring (bicyclic) bond motifs is 1. The van der Waals surface area contributed by atoms with Gasteiger partial charge in [-0.25, -0.2) is 4.52 Å². The summed E-state index contributed by atoms with van der Waals surface area (Å²) in [5, 5.41) is 6.35. The van der Waals surface area contributed by atoms with Gasteiger partial charge in [0.25, 0.3) is 0 Å². The average molecular weight is 467 g/mol. The molecule has 5 nitrogen and oxygen atoms in total. The van der Waals surface area contributed by atoms with Gasteiger partial charge in [0, 0.05) is 24.3 Å². The number of nitrogens with zero attached hydrogens (tertiary/aromatic N) is 3. The summed E-state index contributed by atoms with van der Waals surface area (Å²) in [4.78, 5) is 0. The number of quaternary nitrogens is 1. The topological polar surface area (TPSA) is 35.8 Å². The number of benzene rings is 1. The van der Waals surface area contributed by atoms with Gasteiger partial charge in [0.1, 0.15) is 11.3 Å². The minimum Gasteiger partial charge on any atom is -0.496 e. The molecule has 0 radical (unpaired) electrons. The number of ether oxygens (including phenoxy) is 2. The highest BCUT2D eigenvalue weighted by molar-refractivity contribution is 7.98. The molecule has 1 aliphatic carbocycles. The van der Waals surface area contributed by atoms with Crippen LogP contribution in [0.15, 0.2) is 35.4 Å². The molecule has 0 spiro atoms. The minimum atomic E-state index is 0.567. The van der Waals surface area contributed by atoms with Crippen LogP contribution in [-0.4, -0.2) is 55.8 Å². The maximum atomic E-state index is 5.83. The predicted molar refractivity (Wildman–Crippen MR) is 138 cm³/mol. The van der Waals surface area contributed by atoms with E-state index in [1.165, 1.54) is 41.7 Å². The van der Waals surface area contributed by atoms with Crippen molar-refractivity contribution in [1.29, 1.82) is 0 Å². The van der Waals surface area contributed by atoms with Crippen LogP contribution in [0.3, 0.4) is 0 Å². The van der Waals surface area contributed by atoms with Gasteiger partial charge in [-0.2, -0.15) is 5.10 Å². The molecule has 2 aromatic heterocycles. The van der Waals surface area contributed by atoms with Crippen molar-refractivity contribution in [3.05, 3.63) is 41.5 Å². The molecule has 1 saturated carbocycles. The Labute approximate surface area is 201 Å². The van der Waals surface area contributed by atoms with Crippen LogP contribution in [-0.2, 0) is 4.74 Å². The molecule has 1 unspecified atom stereocenters. The van der Waals surface area contributed by atoms with Gasteiger partial charge in [-0.1, -0.05) is 12.1 Å². The van der Waals surface area contributed by atoms with Crippen LogP contribution in [0.25, 0.3) is 16.8 Å². The third kappa shape index (κ3) is 4.07. The summed E-state index contributed by atoms with van der Waals surface area (Å²) < 4.78 is 14.7. The third-order valence-corrected chi connectivity index (χ3v) is 8.22. The van der Waals surface area contributed by atoms with Crippen molar-refractivity contribution >= 4 is 23.0 Å². The molecule has 1 saturated heterocycles. The molecule has 3 heterocycles. The molecule has 0 N–H and O–H groups in total. The highest BCUT2D eigenvalue weighted by Gasteiger charge is 2.44. The molecular weight excluding hydrogens is 430 g/mol. The average Bonchev–Trinajstić information content (AvgIpc) is 3.54. The van der Waals surface area contributed by atoms with Crippen LogP contribution >= 0.6 is 11.8 Å². The molecule has 1 aliphatic heterocycles. The number of rotatable bonds is 7. The van der Waals surface area contributed by atoms with E-state index in [4.69, 9.17) is 14.6 Å². The summed E-state index contributed by atoms with van der Waals surface area (Å²) in [6.07, 6.45) is 7.10. The fraction of sp³-hybridized carbons (Fsp3) is 0.519. The molecule has 0 amide bonds. The standard InChI is InChI=1S/C27H36N3O2S/c1-18-15-19(2)25(24(16-18)31-4)22-7-6-8-23-26(27(33-5)28-29(22)23)30(3,17-20-9-10-20)21-11-13-32-14-12-21/h6-8,15-16,20-21H,9-14,17H2,1-5H3/q+1. The molecule has 5 rings (SSSR count). The zero-order valence-electron chi connectivity index (χ0n) is 20.6. The molecular formula is C27H36N3O2S+. The lowest BCUT2D eigenvalue weighted by atomic mass is 10.0. The Hall–Kier alpha value is -2.02. The first-order chi connectivity index (χ1) is 16.0. The molecule has 0 bridgehead atoms. The van der Waals surface area contributed by atoms with E-state index in [0.717, 1.165) is 58.5 Å². The van der Waals surface area contributed by atoms with E-state index < -0.39 is 0 Å². The molecule has 176 valence electrons. The van der Waals surface area contributed by atoms with Crippen LogP contribution in [0.4, 0.5) is 5.69 Å². The summed E-state index contributed by atoms with van der Waals surface area (Å²) in [5.41, 5.74) is 7.23. The number of thioether (sulfide) groups is 1. The van der Waals surface area contributed by atoms with Gasteiger partial charge < -0.3 is 9.47 Å². The van der Waals surface area contributed by atoms with Crippen molar-refractivity contribution in [2.45, 2.75) is 50.6 Å². The summed E-state index contributed by atoms with van der Waals surface area (Å²) in [6.45, 7) is 7.20. The molecule has 1 atom stereocenters. The van der Waals surface area contributed by atoms with Crippen molar-refractivity contribution in [1.82, 2.24) is 14.1 Å². The van der Waals surface area contributed by atoms with E-state index in [-0.39, 0.29) is 0 Å². The summed E-state index contributed by atoms with van der Waals surface area (Å²) in [7, 11) is 4.21. The summed E-state index contributed by atoms with van der Waals surface area (Å²) in [5.74, 6) is 1.73. The maximum absolute atomic E-state index is 5.83. The van der Waals surface area contributed by atoms with E-state index in [1.807, 2.05) is 0 Å². The van der Waals surface area contributed by atoms with Crippen molar-refractivity contribution < 1.29 is 9.47 Å². The predicted octanol–water partition coefficient (Wildman–Crippen LogP) is 5.87. The Morgan fingerprint density at radius 1 is 1.15 bits per heavy atom. The van der Waals surface area contributed by atoms with E-state index in [0.29, 0.717) is 6.04 Å². The largest absolute Gasteiger partial charge is 0.496 e. The Morgan fingerprint density at radius 3 is 2.58 bits per heavy atom. The Balaban J connectivity index is 1.73. The molecule has 33 heavy (non-hydrogen) atoms. The maximum Gasteiger partial charge on any atom is 0.193 e. The van der Waals surface area contributed by atoms with Gasteiger partial charge >= 0.3 is 0 Å². The van der Waals surface area contributed by atoms with Gasteiger partial charge in [0.15, 0.2) is 10.7 Å². The lowest BCUT2D eigenvalue weighted by Gasteiger charge is -2.43. The smallest absolute Gasteiger partial charge is 0.193 e. The molecule has 3 aromatic rings. The highest BCUT2D eigenvalue weighted by Crippen LogP contribution is 2.45. The van der Waals surface area contributed by atoms with Crippen molar-refractivity contribution in [2.24, 2.45) is 5.92 Å². The van der Waals surface area contributed by atoms with Gasteiger partial charge in [0.2, 0.25) is 0 Å². The first-order valence-electron chi connectivity index (χ1n) is 12.1. The number of methoxy groups -OCH3 is 1. The quantitative estimate of drug-likeness (QED) is 0.322. The van der Waals surface area contributed by atoms with Crippen LogP contribution in [0.2, 0.25) is 0 Å². The van der Waals surface area contributed by atoms with E-state index in [9.17, 15) is 0 Å². The Morgan fingerprint density at radius 2 is 1.91 bits per heavy atom. The molecule has 1 aromatic carbocycles. The number of aromatic nitrogens is 2. The van der Waals surface area contributed by atoms with Crippen molar-refractivity contribution in [3.8, 4) is 17.0 Å². The van der Waals surface area contributed by atoms with Crippen molar-refractivity contribution in [2.75, 3.05) is 40.2 Å². The second kappa shape index (κ2) is 8.97. The number of aryl methyl sites for hydroxylation is 2. The third-order valence-electron chi connectivity index (χ3n) is 7.56. The monoisotopic (exact) mass is 466 g/mol. The van der Waals surface area contributed by atoms with E-state index in [2.05, 4.69) is 62.0 Å². The first kappa shape index (κ1) is 22.8. The second-order valence-corrected chi connectivity index (χ2v) is 10.8. The minimum absolute atomic E-state index is 0.567. The van der Waals surface area contributed by atoms with Crippen molar-refractivity contribution in [3.63, 3.8) is 0 Å². The summed E-state index contributed by atoms with van der Waals surface area (Å²) in [6, 6.07) is 11.5. The fourth-order valence-electron chi connectivity index (χ4n) is 5.78. The number of hydrogen-bond donors (Lipinski definition) is 0. The molecule has 6 heteroatoms. The van der Waals surface area contributed by atoms with Gasteiger partial charge in [-0.15, -0.1) is 11.8 Å². The van der Waals surface area contributed by atoms with Crippen LogP contribution in [0.1, 0.15) is 36.8 Å². The van der Waals surface area contributed by atoms with Gasteiger partial charge in [0.05, 0.1) is 45.7 Å². The second-order valence-electron chi connectivity index (χ2n) is 9.96. The SMILES string of the molecule is COc1cc(C)cc(C)c1-c1cccc2c([N+](C)(CC3CC3)C3CCOCC3)c(SC)nn12. The van der Waals surface area contributed by atoms with Crippen LogP contribution in [0, 0.1) is 19.8 Å². The van der Waals surface area contributed by atoms with Gasteiger partial charge in [-0.3, -0.25) is 4.48 Å². The van der Waals surface area contributed by atoms with E-state index in [1.54, 1.807) is 18.9 Å². The van der Waals surface area contributed by atoms with Crippen LogP contribution in [0.5, 0.6) is 5.75 Å². The first-order valence-corrected chi connectivity index (χ1v) is 13.3. The Bertz CT molecular complexity index is 1160. The zero-order valence-corrected chi connectivity index (χ0v) is 21.4. The molecule has 2 aliphatic rings. The van der Waals surface area contributed by atoms with Gasteiger partial charge in [-0.05, 0) is 62.3 Å². The lowest BCUT2D eigenvalue weighted by Crippen LogP contribution is -2.56. The summed E-state index contributed by atoms with van der Waals surface area (Å²) >= 11 is 1.77. The lowest BCUT2D eigenvalue weighted by molar-refractivity contribution is 0.0432. The number of pyridine rings is 1. The van der Waals surface area contributed by atoms with E-state index >= 15 is 0 Å².